The van der Waals surface area contributed by atoms with Gasteiger partial charge in [-0.3, -0.25) is 4.79 Å². The Hall–Kier alpha value is -1.10. The van der Waals surface area contributed by atoms with Crippen molar-refractivity contribution in [2.24, 2.45) is 5.92 Å². The van der Waals surface area contributed by atoms with Crippen molar-refractivity contribution >= 4 is 15.6 Å². The number of hydrogen-bond donors (Lipinski definition) is 0. The van der Waals surface area contributed by atoms with Crippen LogP contribution < -0.4 is 0 Å². The molecule has 0 amide bonds. The van der Waals surface area contributed by atoms with Crippen LogP contribution in [0.2, 0.25) is 0 Å². The molecule has 0 aromatic carbocycles. The summed E-state index contributed by atoms with van der Waals surface area (Å²) in [7, 11) is -3.32. The zero-order valence-corrected chi connectivity index (χ0v) is 9.58. The van der Waals surface area contributed by atoms with E-state index in [1.165, 1.54) is 12.3 Å². The second-order valence-electron chi connectivity index (χ2n) is 3.85. The zero-order chi connectivity index (χ0) is 11.5. The van der Waals surface area contributed by atoms with Crippen LogP contribution in [0.4, 0.5) is 0 Å². The van der Waals surface area contributed by atoms with Gasteiger partial charge in [0.2, 0.25) is 5.78 Å². The molecule has 1 aromatic rings. The average molecular weight is 230 g/mol. The number of carbonyl (C=O) groups is 1. The molecule has 0 saturated carbocycles. The average Bonchev–Trinajstić information content (AvgIpc) is 2.50. The molecule has 0 aliphatic rings. The Morgan fingerprint density at radius 2 is 2.13 bits per heavy atom. The Morgan fingerprint density at radius 1 is 1.47 bits per heavy atom. The maximum atomic E-state index is 11.5. The fourth-order valence-corrected chi connectivity index (χ4v) is 2.95. The van der Waals surface area contributed by atoms with E-state index in [2.05, 4.69) is 0 Å². The summed E-state index contributed by atoms with van der Waals surface area (Å²) in [5.41, 5.74) is 0. The van der Waals surface area contributed by atoms with Gasteiger partial charge >= 0.3 is 0 Å². The molecule has 0 spiro atoms. The van der Waals surface area contributed by atoms with Crippen molar-refractivity contribution in [1.82, 2.24) is 0 Å². The summed E-state index contributed by atoms with van der Waals surface area (Å²) in [4.78, 5) is 11.4. The summed E-state index contributed by atoms with van der Waals surface area (Å²) in [6.07, 6.45) is 1.35. The van der Waals surface area contributed by atoms with Crippen LogP contribution >= 0.6 is 0 Å². The minimum Gasteiger partial charge on any atom is -0.461 e. The van der Waals surface area contributed by atoms with Gasteiger partial charge in [0.1, 0.15) is 5.75 Å². The van der Waals surface area contributed by atoms with Crippen LogP contribution in [0.5, 0.6) is 0 Å². The summed E-state index contributed by atoms with van der Waals surface area (Å²) in [6.45, 7) is 3.60. The SMILES string of the molecule is CC(C)CS(=O)(=O)CC(=O)c1ccco1. The second-order valence-corrected chi connectivity index (χ2v) is 5.96. The fourth-order valence-electron chi connectivity index (χ4n) is 1.27. The largest absolute Gasteiger partial charge is 0.461 e. The summed E-state index contributed by atoms with van der Waals surface area (Å²) in [5.74, 6) is -0.805. The van der Waals surface area contributed by atoms with Gasteiger partial charge < -0.3 is 4.42 Å². The molecule has 0 N–H and O–H groups in total. The van der Waals surface area contributed by atoms with Gasteiger partial charge in [-0.15, -0.1) is 0 Å². The smallest absolute Gasteiger partial charge is 0.212 e. The Bertz CT molecular complexity index is 414. The van der Waals surface area contributed by atoms with Gasteiger partial charge in [-0.25, -0.2) is 8.42 Å². The van der Waals surface area contributed by atoms with E-state index >= 15 is 0 Å². The fraction of sp³-hybridized carbons (Fsp3) is 0.500. The van der Waals surface area contributed by atoms with Crippen molar-refractivity contribution in [3.05, 3.63) is 24.2 Å². The molecule has 84 valence electrons. The van der Waals surface area contributed by atoms with Crippen LogP contribution in [0, 0.1) is 5.92 Å². The summed E-state index contributed by atoms with van der Waals surface area (Å²) in [6, 6.07) is 3.02. The van der Waals surface area contributed by atoms with Crippen molar-refractivity contribution in [2.45, 2.75) is 13.8 Å². The highest BCUT2D eigenvalue weighted by atomic mass is 32.2. The lowest BCUT2D eigenvalue weighted by molar-refractivity contribution is 0.0990. The predicted octanol–water partition coefficient (Wildman–Crippen LogP) is 1.53. The minimum absolute atomic E-state index is 0.0272. The van der Waals surface area contributed by atoms with Gasteiger partial charge in [0, 0.05) is 0 Å². The summed E-state index contributed by atoms with van der Waals surface area (Å²) >= 11 is 0. The Labute approximate surface area is 89.2 Å². The van der Waals surface area contributed by atoms with E-state index < -0.39 is 21.4 Å². The molecule has 5 heteroatoms. The van der Waals surface area contributed by atoms with Crippen LogP contribution in [-0.4, -0.2) is 25.7 Å². The van der Waals surface area contributed by atoms with E-state index in [0.29, 0.717) is 0 Å². The molecule has 0 unspecified atom stereocenters. The van der Waals surface area contributed by atoms with Crippen LogP contribution in [-0.2, 0) is 9.84 Å². The number of sulfone groups is 1. The quantitative estimate of drug-likeness (QED) is 0.719. The highest BCUT2D eigenvalue weighted by Gasteiger charge is 2.20. The molecule has 1 heterocycles. The van der Waals surface area contributed by atoms with E-state index in [1.807, 2.05) is 0 Å². The first-order valence-electron chi connectivity index (χ1n) is 4.68. The summed E-state index contributed by atoms with van der Waals surface area (Å²) in [5, 5.41) is 0. The van der Waals surface area contributed by atoms with Crippen LogP contribution in [0.3, 0.4) is 0 Å². The third-order valence-electron chi connectivity index (χ3n) is 1.73. The van der Waals surface area contributed by atoms with Gasteiger partial charge in [-0.05, 0) is 18.1 Å². The maximum absolute atomic E-state index is 11.5. The highest BCUT2D eigenvalue weighted by Crippen LogP contribution is 2.06. The number of hydrogen-bond acceptors (Lipinski definition) is 4. The van der Waals surface area contributed by atoms with Crippen LogP contribution in [0.1, 0.15) is 24.4 Å². The molecule has 0 aliphatic carbocycles. The maximum Gasteiger partial charge on any atom is 0.212 e. The van der Waals surface area contributed by atoms with E-state index in [1.54, 1.807) is 19.9 Å². The number of Topliss-reactive ketones (excluding diaryl/α,β-unsaturated/α-hetero) is 1. The first kappa shape index (κ1) is 12.0. The lowest BCUT2D eigenvalue weighted by Crippen LogP contribution is -2.21. The van der Waals surface area contributed by atoms with Crippen molar-refractivity contribution in [3.8, 4) is 0 Å². The molecule has 4 nitrogen and oxygen atoms in total. The lowest BCUT2D eigenvalue weighted by atomic mass is 10.3. The molecule has 0 saturated heterocycles. The molecular formula is C10H14O4S. The van der Waals surface area contributed by atoms with E-state index in [9.17, 15) is 13.2 Å². The molecule has 0 fully saturated rings. The number of rotatable bonds is 5. The second kappa shape index (κ2) is 4.61. The first-order valence-corrected chi connectivity index (χ1v) is 6.50. The lowest BCUT2D eigenvalue weighted by Gasteiger charge is -2.04. The van der Waals surface area contributed by atoms with E-state index in [0.717, 1.165) is 0 Å². The first-order chi connectivity index (χ1) is 6.91. The molecule has 15 heavy (non-hydrogen) atoms. The molecule has 0 bridgehead atoms. The topological polar surface area (TPSA) is 64.3 Å². The molecule has 0 aliphatic heterocycles. The third kappa shape index (κ3) is 3.87. The molecule has 0 atom stereocenters. The normalized spacial score (nSPS) is 11.9. The van der Waals surface area contributed by atoms with Gasteiger partial charge in [0.05, 0.1) is 12.0 Å². The third-order valence-corrected chi connectivity index (χ3v) is 3.61. The van der Waals surface area contributed by atoms with Crippen molar-refractivity contribution in [3.63, 3.8) is 0 Å². The van der Waals surface area contributed by atoms with Gasteiger partial charge in [-0.2, -0.15) is 0 Å². The Balaban J connectivity index is 2.67. The van der Waals surface area contributed by atoms with E-state index in [4.69, 9.17) is 4.42 Å². The number of furan rings is 1. The molecule has 0 radical (unpaired) electrons. The monoisotopic (exact) mass is 230 g/mol. The standard InChI is InChI=1S/C10H14O4S/c1-8(2)6-15(12,13)7-9(11)10-4-3-5-14-10/h3-5,8H,6-7H2,1-2H3. The van der Waals surface area contributed by atoms with Gasteiger partial charge in [0.15, 0.2) is 15.6 Å². The van der Waals surface area contributed by atoms with E-state index in [-0.39, 0.29) is 17.4 Å². The molecular weight excluding hydrogens is 216 g/mol. The molecule has 1 aromatic heterocycles. The zero-order valence-electron chi connectivity index (χ0n) is 8.76. The Morgan fingerprint density at radius 3 is 2.60 bits per heavy atom. The van der Waals surface area contributed by atoms with Gasteiger partial charge in [0.25, 0.3) is 0 Å². The number of carbonyl (C=O) groups excluding carboxylic acids is 1. The van der Waals surface area contributed by atoms with Crippen molar-refractivity contribution < 1.29 is 17.6 Å². The highest BCUT2D eigenvalue weighted by molar-refractivity contribution is 7.92. The van der Waals surface area contributed by atoms with Crippen LogP contribution in [0.15, 0.2) is 22.8 Å². The van der Waals surface area contributed by atoms with Crippen molar-refractivity contribution in [2.75, 3.05) is 11.5 Å². The summed E-state index contributed by atoms with van der Waals surface area (Å²) < 4.78 is 27.8. The molecule has 1 rings (SSSR count). The number of ketones is 1. The van der Waals surface area contributed by atoms with Gasteiger partial charge in [-0.1, -0.05) is 13.8 Å². The van der Waals surface area contributed by atoms with Crippen molar-refractivity contribution in [1.29, 1.82) is 0 Å². The minimum atomic E-state index is -3.32. The Kier molecular flexibility index (Phi) is 3.68. The van der Waals surface area contributed by atoms with Crippen LogP contribution in [0.25, 0.3) is 0 Å². The predicted molar refractivity (Wildman–Crippen MR) is 56.5 cm³/mol.